The van der Waals surface area contributed by atoms with Gasteiger partial charge in [-0.1, -0.05) is 13.0 Å². The topological polar surface area (TPSA) is 47.3 Å². The number of nitrogens with two attached hydrogens (primary N) is 1. The molecule has 1 rings (SSSR count). The highest BCUT2D eigenvalue weighted by Gasteiger charge is 2.26. The van der Waals surface area contributed by atoms with E-state index in [1.165, 1.54) is 6.07 Å². The van der Waals surface area contributed by atoms with Crippen molar-refractivity contribution in [1.82, 2.24) is 5.43 Å². The van der Waals surface area contributed by atoms with E-state index in [2.05, 4.69) is 5.43 Å². The molecule has 0 bridgehead atoms. The minimum absolute atomic E-state index is 0.0447. The monoisotopic (exact) mass is 262 g/mol. The van der Waals surface area contributed by atoms with Crippen molar-refractivity contribution in [1.29, 1.82) is 0 Å². The number of ether oxygens (including phenoxy) is 1. The third-order valence-corrected chi connectivity index (χ3v) is 2.73. The van der Waals surface area contributed by atoms with E-state index in [4.69, 9.17) is 10.6 Å². The fourth-order valence-corrected chi connectivity index (χ4v) is 1.84. The zero-order chi connectivity index (χ0) is 13.7. The average Bonchev–Trinajstić information content (AvgIpc) is 2.38. The summed E-state index contributed by atoms with van der Waals surface area (Å²) in [5, 5.41) is 0. The summed E-state index contributed by atoms with van der Waals surface area (Å²) in [5.74, 6) is 1.39. The first-order valence-corrected chi connectivity index (χ1v) is 5.77. The van der Waals surface area contributed by atoms with Crippen LogP contribution in [0.15, 0.2) is 12.1 Å². The van der Waals surface area contributed by atoms with E-state index in [1.807, 2.05) is 6.92 Å². The number of benzene rings is 1. The van der Waals surface area contributed by atoms with Crippen molar-refractivity contribution in [2.24, 2.45) is 5.84 Å². The van der Waals surface area contributed by atoms with Crippen molar-refractivity contribution in [3.63, 3.8) is 0 Å². The quantitative estimate of drug-likeness (QED) is 0.470. The molecule has 0 aromatic heterocycles. The Morgan fingerprint density at radius 3 is 2.39 bits per heavy atom. The number of hydrazine groups is 1. The van der Waals surface area contributed by atoms with E-state index in [-0.39, 0.29) is 5.56 Å². The molecular weight excluding hydrogens is 245 g/mol. The molecule has 1 aromatic rings. The van der Waals surface area contributed by atoms with Crippen molar-refractivity contribution in [2.75, 3.05) is 6.61 Å². The van der Waals surface area contributed by atoms with Crippen LogP contribution in [-0.4, -0.2) is 12.7 Å². The molecule has 0 fully saturated rings. The first-order chi connectivity index (χ1) is 8.56. The van der Waals surface area contributed by atoms with Crippen LogP contribution in [0.4, 0.5) is 13.2 Å². The van der Waals surface area contributed by atoms with Crippen molar-refractivity contribution in [3.05, 3.63) is 35.1 Å². The van der Waals surface area contributed by atoms with Gasteiger partial charge in [-0.2, -0.15) is 0 Å². The van der Waals surface area contributed by atoms with Gasteiger partial charge in [0, 0.05) is 12.2 Å². The van der Waals surface area contributed by atoms with Gasteiger partial charge in [0.1, 0.15) is 0 Å². The van der Waals surface area contributed by atoms with E-state index < -0.39 is 29.6 Å². The van der Waals surface area contributed by atoms with Crippen molar-refractivity contribution >= 4 is 0 Å². The van der Waals surface area contributed by atoms with Gasteiger partial charge < -0.3 is 4.74 Å². The van der Waals surface area contributed by atoms with Gasteiger partial charge in [0.2, 0.25) is 0 Å². The second-order valence-corrected chi connectivity index (χ2v) is 3.81. The SMILES string of the molecule is CCOC(CC)C(NN)c1ccc(F)c(F)c1F. The summed E-state index contributed by atoms with van der Waals surface area (Å²) in [6, 6.07) is 1.31. The smallest absolute Gasteiger partial charge is 0.194 e. The molecule has 0 aliphatic rings. The third-order valence-electron chi connectivity index (χ3n) is 2.73. The van der Waals surface area contributed by atoms with Crippen LogP contribution < -0.4 is 11.3 Å². The van der Waals surface area contributed by atoms with Crippen LogP contribution in [0.1, 0.15) is 31.9 Å². The zero-order valence-electron chi connectivity index (χ0n) is 10.3. The maximum Gasteiger partial charge on any atom is 0.194 e. The van der Waals surface area contributed by atoms with Gasteiger partial charge in [-0.05, 0) is 19.4 Å². The summed E-state index contributed by atoms with van der Waals surface area (Å²) < 4.78 is 45.1. The lowest BCUT2D eigenvalue weighted by molar-refractivity contribution is 0.0303. The van der Waals surface area contributed by atoms with Gasteiger partial charge in [-0.15, -0.1) is 0 Å². The molecule has 0 aliphatic heterocycles. The fourth-order valence-electron chi connectivity index (χ4n) is 1.84. The van der Waals surface area contributed by atoms with E-state index in [1.54, 1.807) is 6.92 Å². The zero-order valence-corrected chi connectivity index (χ0v) is 10.3. The molecule has 102 valence electrons. The van der Waals surface area contributed by atoms with Gasteiger partial charge in [-0.3, -0.25) is 11.3 Å². The Morgan fingerprint density at radius 2 is 1.89 bits per heavy atom. The maximum atomic E-state index is 13.7. The summed E-state index contributed by atoms with van der Waals surface area (Å²) in [5.41, 5.74) is 2.34. The Hall–Kier alpha value is -1.11. The summed E-state index contributed by atoms with van der Waals surface area (Å²) in [7, 11) is 0. The number of hydrogen-bond donors (Lipinski definition) is 2. The predicted octanol–water partition coefficient (Wildman–Crippen LogP) is 2.42. The fraction of sp³-hybridized carbons (Fsp3) is 0.500. The van der Waals surface area contributed by atoms with Gasteiger partial charge >= 0.3 is 0 Å². The molecule has 2 atom stereocenters. The van der Waals surface area contributed by atoms with Crippen LogP contribution in [-0.2, 0) is 4.74 Å². The van der Waals surface area contributed by atoms with Crippen molar-refractivity contribution in [3.8, 4) is 0 Å². The Kier molecular flexibility index (Phi) is 5.58. The molecule has 18 heavy (non-hydrogen) atoms. The molecule has 0 heterocycles. The highest BCUT2D eigenvalue weighted by Crippen LogP contribution is 2.26. The number of rotatable bonds is 6. The average molecular weight is 262 g/mol. The number of nitrogens with one attached hydrogen (secondary N) is 1. The van der Waals surface area contributed by atoms with E-state index in [0.717, 1.165) is 6.07 Å². The first kappa shape index (κ1) is 14.9. The summed E-state index contributed by atoms with van der Waals surface area (Å²) in [4.78, 5) is 0. The molecular formula is C12H17F3N2O. The molecule has 3 N–H and O–H groups in total. The molecule has 3 nitrogen and oxygen atoms in total. The van der Waals surface area contributed by atoms with Crippen LogP contribution in [0.2, 0.25) is 0 Å². The van der Waals surface area contributed by atoms with Gasteiger partial charge in [0.15, 0.2) is 17.5 Å². The van der Waals surface area contributed by atoms with Gasteiger partial charge in [0.25, 0.3) is 0 Å². The van der Waals surface area contributed by atoms with Crippen LogP contribution >= 0.6 is 0 Å². The number of halogens is 3. The Bertz CT molecular complexity index is 401. The lowest BCUT2D eigenvalue weighted by Crippen LogP contribution is -2.38. The van der Waals surface area contributed by atoms with Gasteiger partial charge in [-0.25, -0.2) is 13.2 Å². The van der Waals surface area contributed by atoms with Gasteiger partial charge in [0.05, 0.1) is 12.1 Å². The standard InChI is InChI=1S/C12H17F3N2O/c1-3-9(18-4-2)12(17-16)7-5-6-8(13)11(15)10(7)14/h5-6,9,12,17H,3-4,16H2,1-2H3. The molecule has 0 amide bonds. The second-order valence-electron chi connectivity index (χ2n) is 3.81. The number of hydrogen-bond acceptors (Lipinski definition) is 3. The van der Waals surface area contributed by atoms with E-state index in [0.29, 0.717) is 13.0 Å². The molecule has 0 saturated carbocycles. The molecule has 0 spiro atoms. The highest BCUT2D eigenvalue weighted by molar-refractivity contribution is 5.24. The molecule has 0 radical (unpaired) electrons. The molecule has 0 saturated heterocycles. The lowest BCUT2D eigenvalue weighted by atomic mass is 9.99. The minimum atomic E-state index is -1.50. The highest BCUT2D eigenvalue weighted by atomic mass is 19.2. The van der Waals surface area contributed by atoms with Crippen LogP contribution in [0, 0.1) is 17.5 Å². The Labute approximate surface area is 104 Å². The van der Waals surface area contributed by atoms with Crippen LogP contribution in [0.25, 0.3) is 0 Å². The summed E-state index contributed by atoms with van der Waals surface area (Å²) in [6.07, 6.45) is 0.139. The van der Waals surface area contributed by atoms with Crippen LogP contribution in [0.5, 0.6) is 0 Å². The normalized spacial score (nSPS) is 14.6. The summed E-state index contributed by atoms with van der Waals surface area (Å²) in [6.45, 7) is 4.04. The van der Waals surface area contributed by atoms with E-state index in [9.17, 15) is 13.2 Å². The molecule has 1 aromatic carbocycles. The second kappa shape index (κ2) is 6.72. The maximum absolute atomic E-state index is 13.7. The Balaban J connectivity index is 3.12. The van der Waals surface area contributed by atoms with Crippen molar-refractivity contribution < 1.29 is 17.9 Å². The van der Waals surface area contributed by atoms with Crippen LogP contribution in [0.3, 0.4) is 0 Å². The molecule has 0 aliphatic carbocycles. The molecule has 6 heteroatoms. The third kappa shape index (κ3) is 3.01. The van der Waals surface area contributed by atoms with E-state index >= 15 is 0 Å². The minimum Gasteiger partial charge on any atom is -0.376 e. The first-order valence-electron chi connectivity index (χ1n) is 5.77. The summed E-state index contributed by atoms with van der Waals surface area (Å²) >= 11 is 0. The van der Waals surface area contributed by atoms with Crippen molar-refractivity contribution in [2.45, 2.75) is 32.4 Å². The lowest BCUT2D eigenvalue weighted by Gasteiger charge is -2.26. The Morgan fingerprint density at radius 1 is 1.22 bits per heavy atom. The predicted molar refractivity (Wildman–Crippen MR) is 62.1 cm³/mol. The largest absolute Gasteiger partial charge is 0.376 e. The molecule has 2 unspecified atom stereocenters.